The molecule has 0 spiro atoms. The standard InChI is InChI=1S/C14H21FN2O/c1-4-17(9-11(3)8-16)14(18)12-7-10(2)5-6-13(12)15/h5-7,11H,4,8-9,16H2,1-3H3. The summed E-state index contributed by atoms with van der Waals surface area (Å²) < 4.78 is 13.7. The summed E-state index contributed by atoms with van der Waals surface area (Å²) in [7, 11) is 0. The van der Waals surface area contributed by atoms with E-state index in [0.717, 1.165) is 5.56 Å². The van der Waals surface area contributed by atoms with E-state index < -0.39 is 5.82 Å². The third-order valence-corrected chi connectivity index (χ3v) is 2.96. The lowest BCUT2D eigenvalue weighted by Gasteiger charge is -2.24. The molecule has 3 nitrogen and oxygen atoms in total. The van der Waals surface area contributed by atoms with Gasteiger partial charge < -0.3 is 10.6 Å². The molecular formula is C14H21FN2O. The average molecular weight is 252 g/mol. The first-order valence-electron chi connectivity index (χ1n) is 6.25. The molecule has 18 heavy (non-hydrogen) atoms. The van der Waals surface area contributed by atoms with E-state index in [-0.39, 0.29) is 17.4 Å². The van der Waals surface area contributed by atoms with Crippen LogP contribution in [0.5, 0.6) is 0 Å². The minimum atomic E-state index is -0.468. The molecule has 0 aliphatic rings. The van der Waals surface area contributed by atoms with Gasteiger partial charge in [-0.1, -0.05) is 18.6 Å². The van der Waals surface area contributed by atoms with Gasteiger partial charge in [0.2, 0.25) is 0 Å². The van der Waals surface area contributed by atoms with E-state index in [2.05, 4.69) is 0 Å². The van der Waals surface area contributed by atoms with E-state index in [1.54, 1.807) is 17.0 Å². The van der Waals surface area contributed by atoms with Crippen LogP contribution in [0.15, 0.2) is 18.2 Å². The van der Waals surface area contributed by atoms with Crippen LogP contribution in [-0.2, 0) is 0 Å². The molecule has 1 rings (SSSR count). The number of carbonyl (C=O) groups excluding carboxylic acids is 1. The predicted molar refractivity (Wildman–Crippen MR) is 70.9 cm³/mol. The fraction of sp³-hybridized carbons (Fsp3) is 0.500. The first-order chi connectivity index (χ1) is 8.49. The molecule has 0 bridgehead atoms. The molecule has 100 valence electrons. The van der Waals surface area contributed by atoms with Crippen molar-refractivity contribution in [2.75, 3.05) is 19.6 Å². The molecule has 0 saturated carbocycles. The molecule has 0 radical (unpaired) electrons. The summed E-state index contributed by atoms with van der Waals surface area (Å²) in [5.41, 5.74) is 6.57. The molecule has 1 amide bonds. The quantitative estimate of drug-likeness (QED) is 0.873. The molecule has 0 aromatic heterocycles. The smallest absolute Gasteiger partial charge is 0.256 e. The largest absolute Gasteiger partial charge is 0.339 e. The van der Waals surface area contributed by atoms with Crippen molar-refractivity contribution < 1.29 is 9.18 Å². The first-order valence-corrected chi connectivity index (χ1v) is 6.25. The van der Waals surface area contributed by atoms with Gasteiger partial charge in [-0.05, 0) is 38.4 Å². The van der Waals surface area contributed by atoms with E-state index in [4.69, 9.17) is 5.73 Å². The van der Waals surface area contributed by atoms with Crippen molar-refractivity contribution in [3.63, 3.8) is 0 Å². The third kappa shape index (κ3) is 3.53. The summed E-state index contributed by atoms with van der Waals surface area (Å²) in [6, 6.07) is 4.58. The molecule has 1 aromatic carbocycles. The zero-order valence-electron chi connectivity index (χ0n) is 11.2. The number of hydrogen-bond donors (Lipinski definition) is 1. The van der Waals surface area contributed by atoms with Crippen LogP contribution in [0.2, 0.25) is 0 Å². The number of amides is 1. The Kier molecular flexibility index (Phi) is 5.28. The lowest BCUT2D eigenvalue weighted by Crippen LogP contribution is -2.37. The Morgan fingerprint density at radius 2 is 2.17 bits per heavy atom. The molecular weight excluding hydrogens is 231 g/mol. The molecule has 0 fully saturated rings. The van der Waals surface area contributed by atoms with Gasteiger partial charge in [0.1, 0.15) is 5.82 Å². The Balaban J connectivity index is 2.92. The van der Waals surface area contributed by atoms with Gasteiger partial charge in [0.05, 0.1) is 5.56 Å². The zero-order valence-corrected chi connectivity index (χ0v) is 11.2. The van der Waals surface area contributed by atoms with E-state index in [1.165, 1.54) is 6.07 Å². The van der Waals surface area contributed by atoms with Crippen molar-refractivity contribution in [1.29, 1.82) is 0 Å². The van der Waals surface area contributed by atoms with E-state index in [0.29, 0.717) is 19.6 Å². The molecule has 0 heterocycles. The molecule has 1 aromatic rings. The Morgan fingerprint density at radius 3 is 2.72 bits per heavy atom. The van der Waals surface area contributed by atoms with Crippen LogP contribution in [0.4, 0.5) is 4.39 Å². The van der Waals surface area contributed by atoms with Gasteiger partial charge in [0.15, 0.2) is 0 Å². The Bertz CT molecular complexity index is 420. The fourth-order valence-corrected chi connectivity index (χ4v) is 1.78. The third-order valence-electron chi connectivity index (χ3n) is 2.96. The summed E-state index contributed by atoms with van der Waals surface area (Å²) in [4.78, 5) is 13.9. The molecule has 0 aliphatic heterocycles. The number of aryl methyl sites for hydroxylation is 1. The Labute approximate surface area is 108 Å². The number of rotatable bonds is 5. The SMILES string of the molecule is CCN(CC(C)CN)C(=O)c1cc(C)ccc1F. The molecule has 2 N–H and O–H groups in total. The van der Waals surface area contributed by atoms with Crippen LogP contribution in [0.3, 0.4) is 0 Å². The minimum Gasteiger partial charge on any atom is -0.339 e. The molecule has 1 unspecified atom stereocenters. The van der Waals surface area contributed by atoms with E-state index in [9.17, 15) is 9.18 Å². The zero-order chi connectivity index (χ0) is 13.7. The maximum Gasteiger partial charge on any atom is 0.256 e. The minimum absolute atomic E-state index is 0.140. The average Bonchev–Trinajstić information content (AvgIpc) is 2.37. The monoisotopic (exact) mass is 252 g/mol. The van der Waals surface area contributed by atoms with Crippen molar-refractivity contribution in [3.05, 3.63) is 35.1 Å². The highest BCUT2D eigenvalue weighted by Crippen LogP contribution is 2.13. The normalized spacial score (nSPS) is 12.3. The highest BCUT2D eigenvalue weighted by Gasteiger charge is 2.19. The lowest BCUT2D eigenvalue weighted by atomic mass is 10.1. The Morgan fingerprint density at radius 1 is 1.50 bits per heavy atom. The van der Waals surface area contributed by atoms with Crippen LogP contribution in [0.25, 0.3) is 0 Å². The fourth-order valence-electron chi connectivity index (χ4n) is 1.78. The topological polar surface area (TPSA) is 46.3 Å². The van der Waals surface area contributed by atoms with Gasteiger partial charge in [0, 0.05) is 13.1 Å². The van der Waals surface area contributed by atoms with Gasteiger partial charge in [0.25, 0.3) is 5.91 Å². The first kappa shape index (κ1) is 14.6. The van der Waals surface area contributed by atoms with Crippen LogP contribution < -0.4 is 5.73 Å². The molecule has 4 heteroatoms. The number of benzene rings is 1. The summed E-state index contributed by atoms with van der Waals surface area (Å²) >= 11 is 0. The second kappa shape index (κ2) is 6.50. The second-order valence-electron chi connectivity index (χ2n) is 4.67. The van der Waals surface area contributed by atoms with Crippen molar-refractivity contribution in [1.82, 2.24) is 4.90 Å². The summed E-state index contributed by atoms with van der Waals surface area (Å²) in [6.07, 6.45) is 0. The maximum atomic E-state index is 13.7. The number of nitrogens with zero attached hydrogens (tertiary/aromatic N) is 1. The van der Waals surface area contributed by atoms with Crippen LogP contribution in [0, 0.1) is 18.7 Å². The van der Waals surface area contributed by atoms with Crippen molar-refractivity contribution in [2.45, 2.75) is 20.8 Å². The Hall–Kier alpha value is -1.42. The second-order valence-corrected chi connectivity index (χ2v) is 4.67. The van der Waals surface area contributed by atoms with Gasteiger partial charge in [-0.15, -0.1) is 0 Å². The summed E-state index contributed by atoms with van der Waals surface area (Å²) in [5.74, 6) is -0.523. The molecule has 0 saturated heterocycles. The van der Waals surface area contributed by atoms with Gasteiger partial charge in [-0.2, -0.15) is 0 Å². The number of hydrogen-bond acceptors (Lipinski definition) is 2. The van der Waals surface area contributed by atoms with Gasteiger partial charge >= 0.3 is 0 Å². The highest BCUT2D eigenvalue weighted by atomic mass is 19.1. The highest BCUT2D eigenvalue weighted by molar-refractivity contribution is 5.94. The van der Waals surface area contributed by atoms with Crippen LogP contribution in [0.1, 0.15) is 29.8 Å². The lowest BCUT2D eigenvalue weighted by molar-refractivity contribution is 0.0739. The maximum absolute atomic E-state index is 13.7. The predicted octanol–water partition coefficient (Wildman–Crippen LogP) is 2.19. The summed E-state index contributed by atoms with van der Waals surface area (Å²) in [5, 5.41) is 0. The van der Waals surface area contributed by atoms with Crippen LogP contribution >= 0.6 is 0 Å². The summed E-state index contributed by atoms with van der Waals surface area (Å²) in [6.45, 7) is 7.32. The van der Waals surface area contributed by atoms with Crippen molar-refractivity contribution in [2.24, 2.45) is 11.7 Å². The van der Waals surface area contributed by atoms with Crippen molar-refractivity contribution >= 4 is 5.91 Å². The number of halogens is 1. The van der Waals surface area contributed by atoms with Gasteiger partial charge in [-0.25, -0.2) is 4.39 Å². The van der Waals surface area contributed by atoms with Gasteiger partial charge in [-0.3, -0.25) is 4.79 Å². The van der Waals surface area contributed by atoms with Crippen molar-refractivity contribution in [3.8, 4) is 0 Å². The van der Waals surface area contributed by atoms with Crippen LogP contribution in [-0.4, -0.2) is 30.4 Å². The number of nitrogens with two attached hydrogens (primary N) is 1. The number of carbonyl (C=O) groups is 1. The van der Waals surface area contributed by atoms with E-state index >= 15 is 0 Å². The molecule has 0 aliphatic carbocycles. The molecule has 1 atom stereocenters. The van der Waals surface area contributed by atoms with E-state index in [1.807, 2.05) is 20.8 Å².